The molecule has 0 spiro atoms. The number of rotatable bonds is 4. The highest BCUT2D eigenvalue weighted by molar-refractivity contribution is 6.29. The fraction of sp³-hybridized carbons (Fsp3) is 0.545. The summed E-state index contributed by atoms with van der Waals surface area (Å²) < 4.78 is 5.04. The Labute approximate surface area is 101 Å². The first-order valence-corrected chi connectivity index (χ1v) is 5.37. The normalized spacial score (nSPS) is 16.6. The van der Waals surface area contributed by atoms with E-state index in [9.17, 15) is 9.90 Å². The predicted octanol–water partition coefficient (Wildman–Crippen LogP) is 2.18. The van der Waals surface area contributed by atoms with Crippen molar-refractivity contribution in [2.75, 3.05) is 7.05 Å². The summed E-state index contributed by atoms with van der Waals surface area (Å²) in [4.78, 5) is 11.1. The summed E-state index contributed by atoms with van der Waals surface area (Å²) in [6.45, 7) is 5.04. The lowest BCUT2D eigenvalue weighted by Crippen LogP contribution is -2.34. The molecule has 2 atom stereocenters. The second-order valence-corrected chi connectivity index (χ2v) is 3.87. The molecule has 0 aliphatic heterocycles. The molecule has 1 amide bonds. The van der Waals surface area contributed by atoms with Gasteiger partial charge in [-0.25, -0.2) is 4.79 Å². The van der Waals surface area contributed by atoms with Gasteiger partial charge in [0.15, 0.2) is 6.10 Å². The van der Waals surface area contributed by atoms with Gasteiger partial charge < -0.3 is 15.2 Å². The molecule has 2 N–H and O–H groups in total. The molecule has 0 heterocycles. The van der Waals surface area contributed by atoms with Crippen LogP contribution >= 0.6 is 11.6 Å². The molecule has 0 saturated carbocycles. The summed E-state index contributed by atoms with van der Waals surface area (Å²) in [5, 5.41) is 12.4. The maximum absolute atomic E-state index is 11.1. The number of halogens is 1. The van der Waals surface area contributed by atoms with Crippen molar-refractivity contribution >= 4 is 17.7 Å². The summed E-state index contributed by atoms with van der Waals surface area (Å²) in [6.07, 6.45) is 1.27. The van der Waals surface area contributed by atoms with E-state index in [-0.39, 0.29) is 0 Å². The number of allylic oxidation sites excluding steroid dienone is 2. The second-order valence-electron chi connectivity index (χ2n) is 3.31. The van der Waals surface area contributed by atoms with E-state index in [1.165, 1.54) is 14.0 Å². The Morgan fingerprint density at radius 1 is 1.56 bits per heavy atom. The zero-order valence-electron chi connectivity index (χ0n) is 9.95. The van der Waals surface area contributed by atoms with Crippen LogP contribution in [0, 0.1) is 0 Å². The predicted molar refractivity (Wildman–Crippen MR) is 64.4 cm³/mol. The zero-order chi connectivity index (χ0) is 12.7. The van der Waals surface area contributed by atoms with Crippen LogP contribution in [0.2, 0.25) is 0 Å². The highest BCUT2D eigenvalue weighted by Crippen LogP contribution is 2.20. The van der Waals surface area contributed by atoms with Gasteiger partial charge in [-0.1, -0.05) is 23.8 Å². The van der Waals surface area contributed by atoms with Gasteiger partial charge in [-0.3, -0.25) is 0 Å². The summed E-state index contributed by atoms with van der Waals surface area (Å²) in [7, 11) is 1.45. The largest absolute Gasteiger partial charge is 0.439 e. The molecule has 5 heteroatoms. The van der Waals surface area contributed by atoms with Crippen LogP contribution in [0.25, 0.3) is 0 Å². The first-order valence-electron chi connectivity index (χ1n) is 4.99. The minimum Gasteiger partial charge on any atom is -0.439 e. The Balaban J connectivity index is 5.02. The van der Waals surface area contributed by atoms with E-state index in [4.69, 9.17) is 16.3 Å². The number of amides is 1. The molecule has 0 aromatic heterocycles. The summed E-state index contributed by atoms with van der Waals surface area (Å²) in [5.74, 6) is 0. The highest BCUT2D eigenvalue weighted by atomic mass is 35.5. The Kier molecular flexibility index (Phi) is 6.85. The number of hydrogen-bond donors (Lipinski definition) is 2. The van der Waals surface area contributed by atoms with Gasteiger partial charge in [-0.2, -0.15) is 0 Å². The number of alkyl carbamates (subject to hydrolysis) is 1. The van der Waals surface area contributed by atoms with Gasteiger partial charge in [-0.15, -0.1) is 0 Å². The van der Waals surface area contributed by atoms with Crippen molar-refractivity contribution in [1.29, 1.82) is 0 Å². The number of carbonyl (C=O) groups is 1. The van der Waals surface area contributed by atoms with Crippen LogP contribution in [0.5, 0.6) is 0 Å². The fourth-order valence-corrected chi connectivity index (χ4v) is 1.35. The Morgan fingerprint density at radius 3 is 2.44 bits per heavy atom. The minimum absolute atomic E-state index is 0.480. The molecule has 0 saturated heterocycles. The molecule has 0 rings (SSSR count). The average Bonchev–Trinajstić information content (AvgIpc) is 2.22. The summed E-state index contributed by atoms with van der Waals surface area (Å²) >= 11 is 5.89. The molecule has 4 nitrogen and oxygen atoms in total. The van der Waals surface area contributed by atoms with Crippen LogP contribution in [-0.4, -0.2) is 30.5 Å². The van der Waals surface area contributed by atoms with Crippen LogP contribution in [-0.2, 0) is 4.74 Å². The van der Waals surface area contributed by atoms with Gasteiger partial charge in [0.1, 0.15) is 0 Å². The molecule has 0 radical (unpaired) electrons. The van der Waals surface area contributed by atoms with Gasteiger partial charge in [0.2, 0.25) is 0 Å². The SMILES string of the molecule is CC=CC(=C(C)Cl)C(OC(=O)NC)C(C)O. The molecule has 0 aromatic carbocycles. The smallest absolute Gasteiger partial charge is 0.407 e. The Bertz CT molecular complexity index is 294. The zero-order valence-corrected chi connectivity index (χ0v) is 10.7. The lowest BCUT2D eigenvalue weighted by molar-refractivity contribution is 0.0341. The molecule has 92 valence electrons. The van der Waals surface area contributed by atoms with E-state index in [0.717, 1.165) is 0 Å². The Morgan fingerprint density at radius 2 is 2.12 bits per heavy atom. The monoisotopic (exact) mass is 247 g/mol. The van der Waals surface area contributed by atoms with E-state index in [1.807, 2.05) is 6.92 Å². The third-order valence-electron chi connectivity index (χ3n) is 1.93. The third kappa shape index (κ3) is 4.68. The minimum atomic E-state index is -0.836. The van der Waals surface area contributed by atoms with Gasteiger partial charge in [0, 0.05) is 17.7 Å². The van der Waals surface area contributed by atoms with Crippen LogP contribution in [0.15, 0.2) is 22.8 Å². The van der Waals surface area contributed by atoms with E-state index in [0.29, 0.717) is 10.6 Å². The molecule has 0 aliphatic carbocycles. The molecule has 0 aliphatic rings. The van der Waals surface area contributed by atoms with Crippen LogP contribution in [0.3, 0.4) is 0 Å². The number of aliphatic hydroxyl groups excluding tert-OH is 1. The third-order valence-corrected chi connectivity index (χ3v) is 2.15. The summed E-state index contributed by atoms with van der Waals surface area (Å²) in [6, 6.07) is 0. The van der Waals surface area contributed by atoms with Gasteiger partial charge in [0.25, 0.3) is 0 Å². The number of hydrogen-bond acceptors (Lipinski definition) is 3. The van der Waals surface area contributed by atoms with Crippen molar-refractivity contribution < 1.29 is 14.6 Å². The van der Waals surface area contributed by atoms with Crippen molar-refractivity contribution in [1.82, 2.24) is 5.32 Å². The molecular formula is C11H18ClNO3. The quantitative estimate of drug-likeness (QED) is 0.749. The lowest BCUT2D eigenvalue weighted by Gasteiger charge is -2.22. The van der Waals surface area contributed by atoms with Crippen LogP contribution < -0.4 is 5.32 Å². The van der Waals surface area contributed by atoms with Gasteiger partial charge >= 0.3 is 6.09 Å². The van der Waals surface area contributed by atoms with Gasteiger partial charge in [0.05, 0.1) is 6.10 Å². The van der Waals surface area contributed by atoms with E-state index < -0.39 is 18.3 Å². The molecule has 16 heavy (non-hydrogen) atoms. The molecule has 0 aromatic rings. The van der Waals surface area contributed by atoms with Crippen LogP contribution in [0.4, 0.5) is 4.79 Å². The maximum Gasteiger partial charge on any atom is 0.407 e. The molecule has 2 unspecified atom stereocenters. The number of carbonyl (C=O) groups excluding carboxylic acids is 1. The lowest BCUT2D eigenvalue weighted by atomic mass is 10.0. The maximum atomic E-state index is 11.1. The molecule has 0 bridgehead atoms. The van der Waals surface area contributed by atoms with E-state index in [1.54, 1.807) is 19.1 Å². The van der Waals surface area contributed by atoms with E-state index in [2.05, 4.69) is 5.32 Å². The van der Waals surface area contributed by atoms with Crippen LogP contribution in [0.1, 0.15) is 20.8 Å². The first kappa shape index (κ1) is 15.0. The summed E-state index contributed by atoms with van der Waals surface area (Å²) in [5.41, 5.74) is 0.586. The number of ether oxygens (including phenoxy) is 1. The van der Waals surface area contributed by atoms with Crippen molar-refractivity contribution in [3.8, 4) is 0 Å². The van der Waals surface area contributed by atoms with Gasteiger partial charge in [-0.05, 0) is 20.8 Å². The highest BCUT2D eigenvalue weighted by Gasteiger charge is 2.23. The molecular weight excluding hydrogens is 230 g/mol. The van der Waals surface area contributed by atoms with E-state index >= 15 is 0 Å². The van der Waals surface area contributed by atoms with Crippen molar-refractivity contribution in [2.45, 2.75) is 33.0 Å². The second kappa shape index (κ2) is 7.30. The average molecular weight is 248 g/mol. The topological polar surface area (TPSA) is 58.6 Å². The first-order chi connectivity index (χ1) is 7.43. The van der Waals surface area contributed by atoms with Crippen molar-refractivity contribution in [3.05, 3.63) is 22.8 Å². The van der Waals surface area contributed by atoms with Crippen molar-refractivity contribution in [3.63, 3.8) is 0 Å². The number of aliphatic hydroxyl groups is 1. The number of nitrogens with one attached hydrogen (secondary N) is 1. The fourth-order valence-electron chi connectivity index (χ4n) is 1.18. The Hall–Kier alpha value is -1.00. The standard InChI is InChI=1S/C11H18ClNO3/c1-5-6-9(7(2)12)10(8(3)14)16-11(15)13-4/h5-6,8,10,14H,1-4H3,(H,13,15). The van der Waals surface area contributed by atoms with Crippen molar-refractivity contribution in [2.24, 2.45) is 0 Å². The molecule has 0 fully saturated rings.